The molecule has 0 aliphatic carbocycles. The minimum absolute atomic E-state index is 0.0134. The second kappa shape index (κ2) is 8.15. The molecule has 1 unspecified atom stereocenters. The topological polar surface area (TPSA) is 41.7 Å². The number of benzene rings is 1. The summed E-state index contributed by atoms with van der Waals surface area (Å²) < 4.78 is 5.36. The number of rotatable bonds is 8. The Morgan fingerprint density at radius 2 is 1.84 bits per heavy atom. The molecule has 0 amide bonds. The van der Waals surface area contributed by atoms with Crippen molar-refractivity contribution in [2.24, 2.45) is 5.73 Å². The molecule has 0 spiro atoms. The van der Waals surface area contributed by atoms with E-state index in [1.807, 2.05) is 24.3 Å². The molecule has 0 aliphatic rings. The zero-order chi connectivity index (χ0) is 14.3. The number of ether oxygens (including phenoxy) is 1. The largest absolute Gasteiger partial charge is 0.496 e. The van der Waals surface area contributed by atoms with Crippen LogP contribution in [0.1, 0.15) is 18.0 Å². The van der Waals surface area contributed by atoms with Gasteiger partial charge < -0.3 is 20.3 Å². The third kappa shape index (κ3) is 5.59. The summed E-state index contributed by atoms with van der Waals surface area (Å²) in [5, 5.41) is 0. The van der Waals surface area contributed by atoms with E-state index in [4.69, 9.17) is 10.5 Å². The van der Waals surface area contributed by atoms with Gasteiger partial charge in [0.15, 0.2) is 0 Å². The lowest BCUT2D eigenvalue weighted by molar-refractivity contribution is 0.284. The Morgan fingerprint density at radius 1 is 1.16 bits per heavy atom. The van der Waals surface area contributed by atoms with Crippen LogP contribution < -0.4 is 10.5 Å². The van der Waals surface area contributed by atoms with Crippen molar-refractivity contribution in [1.29, 1.82) is 0 Å². The molecule has 0 saturated heterocycles. The van der Waals surface area contributed by atoms with Crippen molar-refractivity contribution in [3.05, 3.63) is 29.8 Å². The van der Waals surface area contributed by atoms with Crippen LogP contribution in [0.15, 0.2) is 24.3 Å². The number of likely N-dealkylation sites (N-methyl/N-ethyl adjacent to an activating group) is 1. The van der Waals surface area contributed by atoms with E-state index < -0.39 is 0 Å². The number of hydrogen-bond acceptors (Lipinski definition) is 4. The fraction of sp³-hybridized carbons (Fsp3) is 0.600. The van der Waals surface area contributed by atoms with Crippen LogP contribution >= 0.6 is 0 Å². The normalized spacial score (nSPS) is 13.0. The average Bonchev–Trinajstić information content (AvgIpc) is 2.38. The van der Waals surface area contributed by atoms with E-state index in [0.29, 0.717) is 0 Å². The maximum Gasteiger partial charge on any atom is 0.123 e. The quantitative estimate of drug-likeness (QED) is 0.775. The van der Waals surface area contributed by atoms with Crippen molar-refractivity contribution in [3.63, 3.8) is 0 Å². The van der Waals surface area contributed by atoms with Crippen LogP contribution in [-0.4, -0.2) is 57.7 Å². The van der Waals surface area contributed by atoms with E-state index in [1.165, 1.54) is 0 Å². The van der Waals surface area contributed by atoms with E-state index in [0.717, 1.165) is 37.4 Å². The third-order valence-electron chi connectivity index (χ3n) is 3.19. The minimum Gasteiger partial charge on any atom is -0.496 e. The Hall–Kier alpha value is -1.10. The van der Waals surface area contributed by atoms with Gasteiger partial charge in [-0.25, -0.2) is 0 Å². The van der Waals surface area contributed by atoms with Gasteiger partial charge in [-0.15, -0.1) is 0 Å². The van der Waals surface area contributed by atoms with Crippen LogP contribution in [0.2, 0.25) is 0 Å². The van der Waals surface area contributed by atoms with Crippen LogP contribution in [0, 0.1) is 0 Å². The van der Waals surface area contributed by atoms with E-state index >= 15 is 0 Å². The summed E-state index contributed by atoms with van der Waals surface area (Å²) >= 11 is 0. The Kier molecular flexibility index (Phi) is 6.84. The first-order chi connectivity index (χ1) is 9.04. The minimum atomic E-state index is -0.0134. The van der Waals surface area contributed by atoms with Crippen LogP contribution in [0.3, 0.4) is 0 Å². The maximum absolute atomic E-state index is 6.27. The molecule has 0 radical (unpaired) electrons. The van der Waals surface area contributed by atoms with Gasteiger partial charge in [-0.05, 0) is 46.7 Å². The standard InChI is InChI=1S/C15H27N3O/c1-17(2)10-7-11-18(3)12-14(16)13-8-5-6-9-15(13)19-4/h5-6,8-9,14H,7,10-12,16H2,1-4H3. The second-order valence-corrected chi connectivity index (χ2v) is 5.27. The van der Waals surface area contributed by atoms with E-state index in [2.05, 4.69) is 30.9 Å². The third-order valence-corrected chi connectivity index (χ3v) is 3.19. The SMILES string of the molecule is COc1ccccc1C(N)CN(C)CCCN(C)C. The molecular formula is C15H27N3O. The molecule has 0 bridgehead atoms. The van der Waals surface area contributed by atoms with E-state index in [9.17, 15) is 0 Å². The number of hydrogen-bond donors (Lipinski definition) is 1. The number of nitrogens with zero attached hydrogens (tertiary/aromatic N) is 2. The highest BCUT2D eigenvalue weighted by molar-refractivity contribution is 5.35. The Morgan fingerprint density at radius 3 is 2.47 bits per heavy atom. The van der Waals surface area contributed by atoms with Crippen LogP contribution in [0.4, 0.5) is 0 Å². The lowest BCUT2D eigenvalue weighted by Crippen LogP contribution is -2.31. The first-order valence-corrected chi connectivity index (χ1v) is 6.76. The lowest BCUT2D eigenvalue weighted by Gasteiger charge is -2.23. The Labute approximate surface area is 117 Å². The van der Waals surface area contributed by atoms with Crippen molar-refractivity contribution in [2.45, 2.75) is 12.5 Å². The molecule has 0 aliphatic heterocycles. The summed E-state index contributed by atoms with van der Waals surface area (Å²) in [6, 6.07) is 7.96. The molecule has 108 valence electrons. The van der Waals surface area contributed by atoms with Crippen molar-refractivity contribution < 1.29 is 4.74 Å². The monoisotopic (exact) mass is 265 g/mol. The highest BCUT2D eigenvalue weighted by atomic mass is 16.5. The molecular weight excluding hydrogens is 238 g/mol. The number of para-hydroxylation sites is 1. The molecule has 19 heavy (non-hydrogen) atoms. The smallest absolute Gasteiger partial charge is 0.123 e. The summed E-state index contributed by atoms with van der Waals surface area (Å²) in [5.74, 6) is 0.872. The predicted molar refractivity (Wildman–Crippen MR) is 80.6 cm³/mol. The molecule has 0 heterocycles. The number of nitrogens with two attached hydrogens (primary N) is 1. The number of methoxy groups -OCH3 is 1. The molecule has 0 fully saturated rings. The molecule has 4 heteroatoms. The van der Waals surface area contributed by atoms with Crippen LogP contribution in [0.25, 0.3) is 0 Å². The molecule has 1 aromatic carbocycles. The summed E-state index contributed by atoms with van der Waals surface area (Å²) in [5.41, 5.74) is 7.35. The summed E-state index contributed by atoms with van der Waals surface area (Å²) in [4.78, 5) is 4.48. The predicted octanol–water partition coefficient (Wildman–Crippen LogP) is 1.58. The zero-order valence-corrected chi connectivity index (χ0v) is 12.6. The molecule has 0 saturated carbocycles. The molecule has 1 rings (SSSR count). The van der Waals surface area contributed by atoms with Gasteiger partial charge in [0.05, 0.1) is 7.11 Å². The zero-order valence-electron chi connectivity index (χ0n) is 12.6. The van der Waals surface area contributed by atoms with Gasteiger partial charge in [0, 0.05) is 18.2 Å². The molecule has 2 N–H and O–H groups in total. The summed E-state index contributed by atoms with van der Waals surface area (Å²) in [6.45, 7) is 3.00. The fourth-order valence-electron chi connectivity index (χ4n) is 2.16. The van der Waals surface area contributed by atoms with Crippen molar-refractivity contribution in [1.82, 2.24) is 9.80 Å². The van der Waals surface area contributed by atoms with Crippen LogP contribution in [0.5, 0.6) is 5.75 Å². The van der Waals surface area contributed by atoms with Crippen molar-refractivity contribution in [3.8, 4) is 5.75 Å². The average molecular weight is 265 g/mol. The highest BCUT2D eigenvalue weighted by Crippen LogP contribution is 2.23. The molecule has 1 atom stereocenters. The summed E-state index contributed by atoms with van der Waals surface area (Å²) in [6.07, 6.45) is 1.15. The van der Waals surface area contributed by atoms with Gasteiger partial charge in [-0.1, -0.05) is 18.2 Å². The molecule has 1 aromatic rings. The molecule has 0 aromatic heterocycles. The first kappa shape index (κ1) is 16.0. The van der Waals surface area contributed by atoms with Crippen molar-refractivity contribution in [2.75, 3.05) is 47.9 Å². The van der Waals surface area contributed by atoms with E-state index in [-0.39, 0.29) is 6.04 Å². The first-order valence-electron chi connectivity index (χ1n) is 6.76. The Bertz CT molecular complexity index is 368. The van der Waals surface area contributed by atoms with Gasteiger partial charge in [-0.3, -0.25) is 0 Å². The van der Waals surface area contributed by atoms with Gasteiger partial charge in [-0.2, -0.15) is 0 Å². The van der Waals surface area contributed by atoms with Gasteiger partial charge in [0.2, 0.25) is 0 Å². The van der Waals surface area contributed by atoms with Gasteiger partial charge in [0.1, 0.15) is 5.75 Å². The fourth-order valence-corrected chi connectivity index (χ4v) is 2.16. The Balaban J connectivity index is 2.47. The van der Waals surface area contributed by atoms with Crippen LogP contribution in [-0.2, 0) is 0 Å². The van der Waals surface area contributed by atoms with Gasteiger partial charge in [0.25, 0.3) is 0 Å². The highest BCUT2D eigenvalue weighted by Gasteiger charge is 2.13. The lowest BCUT2D eigenvalue weighted by atomic mass is 10.1. The summed E-state index contributed by atoms with van der Waals surface area (Å²) in [7, 11) is 8.00. The van der Waals surface area contributed by atoms with Gasteiger partial charge >= 0.3 is 0 Å². The van der Waals surface area contributed by atoms with E-state index in [1.54, 1.807) is 7.11 Å². The maximum atomic E-state index is 6.27. The second-order valence-electron chi connectivity index (χ2n) is 5.27. The molecule has 4 nitrogen and oxygen atoms in total. The van der Waals surface area contributed by atoms with Crippen molar-refractivity contribution >= 4 is 0 Å².